The molecule has 2 aromatic heterocycles. The van der Waals surface area contributed by atoms with Gasteiger partial charge in [-0.2, -0.15) is 5.10 Å². The van der Waals surface area contributed by atoms with Gasteiger partial charge in [-0.1, -0.05) is 0 Å². The quantitative estimate of drug-likeness (QED) is 0.896. The monoisotopic (exact) mass is 345 g/mol. The number of likely N-dealkylation sites (N-methyl/N-ethyl adjacent to an activating group) is 1. The van der Waals surface area contributed by atoms with E-state index in [9.17, 15) is 4.79 Å². The molecule has 6 nitrogen and oxygen atoms in total. The summed E-state index contributed by atoms with van der Waals surface area (Å²) in [5, 5.41) is 8.55. The average Bonchev–Trinajstić information content (AvgIpc) is 3.07. The van der Waals surface area contributed by atoms with Crippen LogP contribution in [-0.2, 0) is 7.05 Å². The Morgan fingerprint density at radius 2 is 2.18 bits per heavy atom. The fourth-order valence-corrected chi connectivity index (χ4v) is 2.76. The normalized spacial score (nSPS) is 17.0. The number of halogens is 2. The van der Waals surface area contributed by atoms with E-state index in [1.54, 1.807) is 10.9 Å². The molecule has 2 aromatic rings. The van der Waals surface area contributed by atoms with Crippen LogP contribution in [0.15, 0.2) is 12.3 Å². The number of carbonyl (C=O) groups excluding carboxylic acids is 1. The van der Waals surface area contributed by atoms with Crippen molar-refractivity contribution < 1.29 is 4.79 Å². The Bertz CT molecular complexity index is 667. The van der Waals surface area contributed by atoms with Gasteiger partial charge in [-0.05, 0) is 26.0 Å². The summed E-state index contributed by atoms with van der Waals surface area (Å²) in [6.07, 6.45) is 2.65. The Labute approximate surface area is 142 Å². The van der Waals surface area contributed by atoms with Crippen LogP contribution in [0.1, 0.15) is 22.5 Å². The summed E-state index contributed by atoms with van der Waals surface area (Å²) < 4.78 is 1.74. The van der Waals surface area contributed by atoms with Crippen LogP contribution in [0.5, 0.6) is 0 Å². The number of hydrogen-bond acceptors (Lipinski definition) is 4. The molecule has 3 rings (SSSR count). The standard InChI is InChI=1S/C14H19N5O.2ClH/c1-9-12-6-10(7-16-13(12)19(3)17-9)14(20)18(2)11-4-5-15-8-11;;/h6-7,11,15H,4-5,8H2,1-3H3;2*1H. The lowest BCUT2D eigenvalue weighted by Gasteiger charge is -2.23. The second-order valence-corrected chi connectivity index (χ2v) is 5.37. The number of nitrogens with one attached hydrogen (secondary N) is 1. The molecule has 1 unspecified atom stereocenters. The Hall–Kier alpha value is -1.37. The fourth-order valence-electron chi connectivity index (χ4n) is 2.76. The number of aryl methyl sites for hydroxylation is 2. The maximum Gasteiger partial charge on any atom is 0.255 e. The highest BCUT2D eigenvalue weighted by Crippen LogP contribution is 2.18. The minimum atomic E-state index is 0. The molecule has 1 aliphatic rings. The summed E-state index contributed by atoms with van der Waals surface area (Å²) in [5.74, 6) is 0.0244. The van der Waals surface area contributed by atoms with Crippen LogP contribution in [0.25, 0.3) is 11.0 Å². The lowest BCUT2D eigenvalue weighted by atomic mass is 10.1. The van der Waals surface area contributed by atoms with E-state index >= 15 is 0 Å². The summed E-state index contributed by atoms with van der Waals surface area (Å²) >= 11 is 0. The van der Waals surface area contributed by atoms with Gasteiger partial charge in [0, 0.05) is 38.3 Å². The van der Waals surface area contributed by atoms with Crippen molar-refractivity contribution in [1.29, 1.82) is 0 Å². The molecule has 0 spiro atoms. The highest BCUT2D eigenvalue weighted by atomic mass is 35.5. The number of rotatable bonds is 2. The third-order valence-electron chi connectivity index (χ3n) is 4.01. The van der Waals surface area contributed by atoms with Crippen LogP contribution in [0, 0.1) is 6.92 Å². The Morgan fingerprint density at radius 3 is 2.82 bits per heavy atom. The number of amides is 1. The predicted octanol–water partition coefficient (Wildman–Crippen LogP) is 1.55. The molecule has 0 saturated carbocycles. The zero-order valence-electron chi connectivity index (χ0n) is 12.9. The smallest absolute Gasteiger partial charge is 0.255 e. The molecule has 0 radical (unpaired) electrons. The molecular weight excluding hydrogens is 325 g/mol. The van der Waals surface area contributed by atoms with Gasteiger partial charge >= 0.3 is 0 Å². The number of carbonyl (C=O) groups is 1. The molecule has 22 heavy (non-hydrogen) atoms. The van der Waals surface area contributed by atoms with Crippen molar-refractivity contribution in [3.63, 3.8) is 0 Å². The molecule has 0 aliphatic carbocycles. The van der Waals surface area contributed by atoms with Gasteiger partial charge in [-0.15, -0.1) is 24.8 Å². The third-order valence-corrected chi connectivity index (χ3v) is 4.01. The summed E-state index contributed by atoms with van der Waals surface area (Å²) in [4.78, 5) is 18.7. The van der Waals surface area contributed by atoms with Gasteiger partial charge in [0.25, 0.3) is 5.91 Å². The number of fused-ring (bicyclic) bond motifs is 1. The number of aromatic nitrogens is 3. The first-order chi connectivity index (χ1) is 9.58. The summed E-state index contributed by atoms with van der Waals surface area (Å²) in [5.41, 5.74) is 2.34. The molecule has 1 fully saturated rings. The van der Waals surface area contributed by atoms with Crippen molar-refractivity contribution in [3.8, 4) is 0 Å². The second kappa shape index (κ2) is 7.26. The first-order valence-electron chi connectivity index (χ1n) is 6.85. The topological polar surface area (TPSA) is 63.1 Å². The van der Waals surface area contributed by atoms with Crippen molar-refractivity contribution in [2.24, 2.45) is 7.05 Å². The largest absolute Gasteiger partial charge is 0.337 e. The van der Waals surface area contributed by atoms with E-state index in [2.05, 4.69) is 15.4 Å². The molecule has 0 aromatic carbocycles. The minimum absolute atomic E-state index is 0. The van der Waals surface area contributed by atoms with E-state index < -0.39 is 0 Å². The van der Waals surface area contributed by atoms with E-state index in [1.165, 1.54) is 0 Å². The van der Waals surface area contributed by atoms with Crippen molar-refractivity contribution in [1.82, 2.24) is 25.0 Å². The summed E-state index contributed by atoms with van der Waals surface area (Å²) in [6.45, 7) is 3.77. The van der Waals surface area contributed by atoms with Crippen molar-refractivity contribution in [2.45, 2.75) is 19.4 Å². The zero-order chi connectivity index (χ0) is 14.3. The van der Waals surface area contributed by atoms with Gasteiger partial charge in [0.2, 0.25) is 0 Å². The Balaban J connectivity index is 0.00000121. The molecular formula is C14H21Cl2N5O. The summed E-state index contributed by atoms with van der Waals surface area (Å²) in [7, 11) is 3.72. The van der Waals surface area contributed by atoms with Crippen LogP contribution in [0.3, 0.4) is 0 Å². The SMILES string of the molecule is Cc1nn(C)c2ncc(C(=O)N(C)C3CCNC3)cc12.Cl.Cl. The van der Waals surface area contributed by atoms with E-state index in [-0.39, 0.29) is 36.8 Å². The third kappa shape index (κ3) is 3.19. The molecule has 8 heteroatoms. The van der Waals surface area contributed by atoms with Crippen LogP contribution in [0.2, 0.25) is 0 Å². The van der Waals surface area contributed by atoms with Gasteiger partial charge < -0.3 is 10.2 Å². The van der Waals surface area contributed by atoms with Crippen molar-refractivity contribution in [2.75, 3.05) is 20.1 Å². The zero-order valence-corrected chi connectivity index (χ0v) is 14.5. The number of nitrogens with zero attached hydrogens (tertiary/aromatic N) is 4. The lowest BCUT2D eigenvalue weighted by Crippen LogP contribution is -2.38. The summed E-state index contributed by atoms with van der Waals surface area (Å²) in [6, 6.07) is 2.17. The fraction of sp³-hybridized carbons (Fsp3) is 0.500. The van der Waals surface area contributed by atoms with Gasteiger partial charge in [-0.3, -0.25) is 9.48 Å². The number of hydrogen-bond donors (Lipinski definition) is 1. The highest BCUT2D eigenvalue weighted by Gasteiger charge is 2.24. The van der Waals surface area contributed by atoms with Gasteiger partial charge in [0.1, 0.15) is 0 Å². The van der Waals surface area contributed by atoms with Crippen LogP contribution in [-0.4, -0.2) is 51.8 Å². The van der Waals surface area contributed by atoms with Gasteiger partial charge in [0.05, 0.1) is 11.3 Å². The van der Waals surface area contributed by atoms with Crippen LogP contribution < -0.4 is 5.32 Å². The molecule has 1 atom stereocenters. The first kappa shape index (κ1) is 18.7. The number of pyridine rings is 1. The molecule has 3 heterocycles. The highest BCUT2D eigenvalue weighted by molar-refractivity contribution is 5.97. The van der Waals surface area contributed by atoms with Crippen molar-refractivity contribution >= 4 is 41.8 Å². The first-order valence-corrected chi connectivity index (χ1v) is 6.85. The van der Waals surface area contributed by atoms with E-state index in [4.69, 9.17) is 0 Å². The maximum atomic E-state index is 12.5. The molecule has 0 bridgehead atoms. The molecule has 1 amide bonds. The van der Waals surface area contributed by atoms with E-state index in [0.717, 1.165) is 36.2 Å². The Morgan fingerprint density at radius 1 is 1.45 bits per heavy atom. The predicted molar refractivity (Wildman–Crippen MR) is 91.1 cm³/mol. The Kier molecular flexibility index (Phi) is 6.17. The van der Waals surface area contributed by atoms with Gasteiger partial charge in [-0.25, -0.2) is 4.98 Å². The second-order valence-electron chi connectivity index (χ2n) is 5.37. The molecule has 1 aliphatic heterocycles. The van der Waals surface area contributed by atoms with E-state index in [0.29, 0.717) is 5.56 Å². The molecule has 122 valence electrons. The average molecular weight is 346 g/mol. The lowest BCUT2D eigenvalue weighted by molar-refractivity contribution is 0.0743. The van der Waals surface area contributed by atoms with Crippen LogP contribution in [0.4, 0.5) is 0 Å². The maximum absolute atomic E-state index is 12.5. The van der Waals surface area contributed by atoms with Crippen LogP contribution >= 0.6 is 24.8 Å². The van der Waals surface area contributed by atoms with E-state index in [1.807, 2.05) is 32.0 Å². The molecule has 1 N–H and O–H groups in total. The van der Waals surface area contributed by atoms with Crippen molar-refractivity contribution in [3.05, 3.63) is 23.5 Å². The van der Waals surface area contributed by atoms with Gasteiger partial charge in [0.15, 0.2) is 5.65 Å². The molecule has 1 saturated heterocycles. The minimum Gasteiger partial charge on any atom is -0.337 e.